The summed E-state index contributed by atoms with van der Waals surface area (Å²) in [5.74, 6) is 0.937. The Labute approximate surface area is 110 Å². The topological polar surface area (TPSA) is 38.5 Å². The highest BCUT2D eigenvalue weighted by atomic mass is 16.5. The molecule has 2 N–H and O–H groups in total. The molecule has 1 unspecified atom stereocenters. The van der Waals surface area contributed by atoms with Crippen LogP contribution in [0.1, 0.15) is 25.3 Å². The molecule has 1 aliphatic rings. The van der Waals surface area contributed by atoms with Crippen molar-refractivity contribution in [3.63, 3.8) is 0 Å². The molecule has 1 fully saturated rings. The molecular weight excluding hydrogens is 224 g/mol. The van der Waals surface area contributed by atoms with E-state index in [2.05, 4.69) is 18.9 Å². The first-order chi connectivity index (χ1) is 8.61. The second kappa shape index (κ2) is 5.72. The summed E-state index contributed by atoms with van der Waals surface area (Å²) in [4.78, 5) is 2.39. The minimum absolute atomic E-state index is 0.270. The van der Waals surface area contributed by atoms with Gasteiger partial charge in [0, 0.05) is 18.5 Å². The molecule has 1 aromatic rings. The van der Waals surface area contributed by atoms with Crippen LogP contribution in [0.2, 0.25) is 0 Å². The summed E-state index contributed by atoms with van der Waals surface area (Å²) in [6, 6.07) is 8.08. The second-order valence-corrected chi connectivity index (χ2v) is 5.79. The predicted molar refractivity (Wildman–Crippen MR) is 74.7 cm³/mol. The van der Waals surface area contributed by atoms with Crippen molar-refractivity contribution in [2.45, 2.75) is 26.3 Å². The average Bonchev–Trinajstić information content (AvgIpc) is 2.37. The Bertz CT molecular complexity index is 394. The molecule has 0 bridgehead atoms. The Hall–Kier alpha value is -1.06. The number of ether oxygens (including phenoxy) is 1. The predicted octanol–water partition coefficient (Wildman–Crippen LogP) is 2.26. The maximum Gasteiger partial charge on any atom is 0.119 e. The van der Waals surface area contributed by atoms with Crippen LogP contribution < -0.4 is 10.5 Å². The fourth-order valence-electron chi connectivity index (χ4n) is 2.72. The Morgan fingerprint density at radius 2 is 2.28 bits per heavy atom. The fourth-order valence-corrected chi connectivity index (χ4v) is 2.72. The van der Waals surface area contributed by atoms with E-state index in [9.17, 15) is 0 Å². The van der Waals surface area contributed by atoms with Gasteiger partial charge in [0.2, 0.25) is 0 Å². The quantitative estimate of drug-likeness (QED) is 0.888. The number of nitrogens with two attached hydrogens (primary N) is 1. The lowest BCUT2D eigenvalue weighted by Gasteiger charge is -2.38. The van der Waals surface area contributed by atoms with Crippen LogP contribution in [-0.2, 0) is 6.54 Å². The minimum Gasteiger partial charge on any atom is -0.493 e. The molecule has 1 aromatic carbocycles. The number of rotatable bonds is 4. The van der Waals surface area contributed by atoms with E-state index in [0.29, 0.717) is 6.54 Å². The number of piperidine rings is 1. The van der Waals surface area contributed by atoms with E-state index in [-0.39, 0.29) is 5.41 Å². The van der Waals surface area contributed by atoms with Crippen LogP contribution in [0.15, 0.2) is 24.3 Å². The van der Waals surface area contributed by atoms with Crippen LogP contribution >= 0.6 is 0 Å². The summed E-state index contributed by atoms with van der Waals surface area (Å²) in [5.41, 5.74) is 7.03. The van der Waals surface area contributed by atoms with Gasteiger partial charge in [-0.15, -0.1) is 0 Å². The van der Waals surface area contributed by atoms with E-state index < -0.39 is 0 Å². The monoisotopic (exact) mass is 248 g/mol. The molecule has 100 valence electrons. The first kappa shape index (κ1) is 13.4. The third kappa shape index (κ3) is 3.47. The van der Waals surface area contributed by atoms with E-state index in [1.165, 1.54) is 19.4 Å². The van der Waals surface area contributed by atoms with Gasteiger partial charge in [-0.2, -0.15) is 0 Å². The molecule has 0 aromatic heterocycles. The second-order valence-electron chi connectivity index (χ2n) is 5.79. The highest BCUT2D eigenvalue weighted by Gasteiger charge is 2.30. The SMILES string of the molecule is CN1CCCC(C)(COc2cccc(CN)c2)C1. The van der Waals surface area contributed by atoms with Crippen molar-refractivity contribution >= 4 is 0 Å². The Balaban J connectivity index is 1.93. The van der Waals surface area contributed by atoms with Crippen LogP contribution in [0.5, 0.6) is 5.75 Å². The molecule has 0 aliphatic carbocycles. The van der Waals surface area contributed by atoms with Crippen LogP contribution in [0.25, 0.3) is 0 Å². The van der Waals surface area contributed by atoms with E-state index in [4.69, 9.17) is 10.5 Å². The van der Waals surface area contributed by atoms with E-state index >= 15 is 0 Å². The summed E-state index contributed by atoms with van der Waals surface area (Å²) in [7, 11) is 2.19. The number of benzene rings is 1. The van der Waals surface area contributed by atoms with Gasteiger partial charge in [-0.25, -0.2) is 0 Å². The largest absolute Gasteiger partial charge is 0.493 e. The third-order valence-electron chi connectivity index (χ3n) is 3.69. The Morgan fingerprint density at radius 3 is 3.00 bits per heavy atom. The maximum absolute atomic E-state index is 5.96. The number of hydrogen-bond donors (Lipinski definition) is 1. The van der Waals surface area contributed by atoms with Crippen LogP contribution in [-0.4, -0.2) is 31.6 Å². The summed E-state index contributed by atoms with van der Waals surface area (Å²) >= 11 is 0. The van der Waals surface area contributed by atoms with Gasteiger partial charge in [0.1, 0.15) is 5.75 Å². The van der Waals surface area contributed by atoms with Gasteiger partial charge < -0.3 is 15.4 Å². The van der Waals surface area contributed by atoms with Crippen molar-refractivity contribution in [3.05, 3.63) is 29.8 Å². The van der Waals surface area contributed by atoms with Gasteiger partial charge >= 0.3 is 0 Å². The van der Waals surface area contributed by atoms with E-state index in [1.807, 2.05) is 24.3 Å². The molecule has 1 saturated heterocycles. The Morgan fingerprint density at radius 1 is 1.44 bits per heavy atom. The van der Waals surface area contributed by atoms with Crippen molar-refractivity contribution in [3.8, 4) is 5.75 Å². The van der Waals surface area contributed by atoms with Crippen molar-refractivity contribution in [1.29, 1.82) is 0 Å². The molecule has 1 aliphatic heterocycles. The maximum atomic E-state index is 5.96. The van der Waals surface area contributed by atoms with Gasteiger partial charge in [-0.05, 0) is 44.1 Å². The molecular formula is C15H24N2O. The molecule has 3 nitrogen and oxygen atoms in total. The third-order valence-corrected chi connectivity index (χ3v) is 3.69. The van der Waals surface area contributed by atoms with E-state index in [0.717, 1.165) is 24.5 Å². The molecule has 0 spiro atoms. The van der Waals surface area contributed by atoms with Crippen molar-refractivity contribution in [2.75, 3.05) is 26.7 Å². The molecule has 18 heavy (non-hydrogen) atoms. The van der Waals surface area contributed by atoms with Gasteiger partial charge in [0.05, 0.1) is 6.61 Å². The van der Waals surface area contributed by atoms with Gasteiger partial charge in [-0.1, -0.05) is 19.1 Å². The lowest BCUT2D eigenvalue weighted by molar-refractivity contribution is 0.0701. The zero-order valence-corrected chi connectivity index (χ0v) is 11.5. The van der Waals surface area contributed by atoms with E-state index in [1.54, 1.807) is 0 Å². The summed E-state index contributed by atoms with van der Waals surface area (Å²) in [6.07, 6.45) is 2.51. The molecule has 0 saturated carbocycles. The van der Waals surface area contributed by atoms with Gasteiger partial charge in [0.15, 0.2) is 0 Å². The Kier molecular flexibility index (Phi) is 4.25. The molecule has 0 radical (unpaired) electrons. The number of nitrogens with zero attached hydrogens (tertiary/aromatic N) is 1. The highest BCUT2D eigenvalue weighted by molar-refractivity contribution is 5.28. The zero-order valence-electron chi connectivity index (χ0n) is 11.5. The lowest BCUT2D eigenvalue weighted by atomic mass is 9.83. The fraction of sp³-hybridized carbons (Fsp3) is 0.600. The standard InChI is InChI=1S/C15H24N2O/c1-15(7-4-8-17(2)11-15)12-18-14-6-3-5-13(9-14)10-16/h3,5-6,9H,4,7-8,10-12,16H2,1-2H3. The average molecular weight is 248 g/mol. The van der Waals surface area contributed by atoms with Gasteiger partial charge in [0.25, 0.3) is 0 Å². The minimum atomic E-state index is 0.270. The lowest BCUT2D eigenvalue weighted by Crippen LogP contribution is -2.42. The van der Waals surface area contributed by atoms with Crippen molar-refractivity contribution in [2.24, 2.45) is 11.1 Å². The molecule has 0 amide bonds. The normalized spacial score (nSPS) is 25.1. The molecule has 3 heteroatoms. The zero-order chi connectivity index (χ0) is 13.0. The first-order valence-corrected chi connectivity index (χ1v) is 6.72. The van der Waals surface area contributed by atoms with Crippen LogP contribution in [0, 0.1) is 5.41 Å². The number of likely N-dealkylation sites (tertiary alicyclic amines) is 1. The van der Waals surface area contributed by atoms with Crippen LogP contribution in [0.4, 0.5) is 0 Å². The summed E-state index contributed by atoms with van der Waals surface area (Å²) < 4.78 is 5.96. The van der Waals surface area contributed by atoms with Gasteiger partial charge in [-0.3, -0.25) is 0 Å². The highest BCUT2D eigenvalue weighted by Crippen LogP contribution is 2.29. The first-order valence-electron chi connectivity index (χ1n) is 6.72. The van der Waals surface area contributed by atoms with Crippen LogP contribution in [0.3, 0.4) is 0 Å². The number of hydrogen-bond acceptors (Lipinski definition) is 3. The molecule has 1 heterocycles. The smallest absolute Gasteiger partial charge is 0.119 e. The molecule has 1 atom stereocenters. The summed E-state index contributed by atoms with van der Waals surface area (Å²) in [5, 5.41) is 0. The van der Waals surface area contributed by atoms with Crippen molar-refractivity contribution in [1.82, 2.24) is 4.90 Å². The molecule has 2 rings (SSSR count). The summed E-state index contributed by atoms with van der Waals surface area (Å²) in [6.45, 7) is 5.99. The van der Waals surface area contributed by atoms with Crippen molar-refractivity contribution < 1.29 is 4.74 Å².